The molecule has 0 radical (unpaired) electrons. The lowest BCUT2D eigenvalue weighted by Crippen LogP contribution is -2.38. The first kappa shape index (κ1) is 19.7. The minimum Gasteiger partial charge on any atom is -0.340 e. The van der Waals surface area contributed by atoms with Crippen LogP contribution in [0.3, 0.4) is 0 Å². The summed E-state index contributed by atoms with van der Waals surface area (Å²) in [6.07, 6.45) is 1.09. The van der Waals surface area contributed by atoms with Gasteiger partial charge in [0.25, 0.3) is 0 Å². The summed E-state index contributed by atoms with van der Waals surface area (Å²) in [7, 11) is -3.36. The van der Waals surface area contributed by atoms with E-state index in [4.69, 9.17) is 0 Å². The third-order valence-electron chi connectivity index (χ3n) is 4.20. The second kappa shape index (κ2) is 7.89. The molecule has 3 rings (SSSR count). The average molecular weight is 401 g/mol. The number of para-hydroxylation sites is 2. The van der Waals surface area contributed by atoms with Crippen molar-refractivity contribution in [2.24, 2.45) is 0 Å². The number of H-pyrrole nitrogens is 1. The highest BCUT2D eigenvalue weighted by Gasteiger charge is 2.16. The molecule has 0 saturated heterocycles. The predicted octanol–water partition coefficient (Wildman–Crippen LogP) is 3.06. The lowest BCUT2D eigenvalue weighted by atomic mass is 10.1. The molecule has 0 aliphatic carbocycles. The van der Waals surface area contributed by atoms with Crippen LogP contribution in [0.1, 0.15) is 37.3 Å². The first-order chi connectivity index (χ1) is 13.2. The number of aromatic nitrogens is 2. The normalized spacial score (nSPS) is 13.7. The summed E-state index contributed by atoms with van der Waals surface area (Å²) in [5.74, 6) is 0.670. The third-order valence-corrected chi connectivity index (χ3v) is 4.81. The number of anilines is 1. The van der Waals surface area contributed by atoms with Gasteiger partial charge in [-0.25, -0.2) is 18.2 Å². The molecular weight excluding hydrogens is 378 g/mol. The fraction of sp³-hybridized carbons (Fsp3) is 0.263. The van der Waals surface area contributed by atoms with Crippen LogP contribution in [0.5, 0.6) is 0 Å². The maximum Gasteiger partial charge on any atom is 0.315 e. The van der Waals surface area contributed by atoms with Crippen molar-refractivity contribution in [1.82, 2.24) is 20.6 Å². The Labute approximate surface area is 163 Å². The topological polar surface area (TPSA) is 116 Å². The van der Waals surface area contributed by atoms with Gasteiger partial charge in [-0.3, -0.25) is 4.72 Å². The third kappa shape index (κ3) is 5.01. The van der Waals surface area contributed by atoms with Gasteiger partial charge in [-0.05, 0) is 43.7 Å². The Morgan fingerprint density at radius 2 is 1.75 bits per heavy atom. The summed E-state index contributed by atoms with van der Waals surface area (Å²) in [5, 5.41) is 5.71. The average Bonchev–Trinajstić information content (AvgIpc) is 3.04. The molecule has 0 aliphatic rings. The molecule has 1 aromatic heterocycles. The number of sulfonamides is 1. The lowest BCUT2D eigenvalue weighted by Gasteiger charge is -2.18. The minimum atomic E-state index is -3.36. The van der Waals surface area contributed by atoms with Crippen molar-refractivity contribution in [3.8, 4) is 0 Å². The maximum atomic E-state index is 12.4. The van der Waals surface area contributed by atoms with Gasteiger partial charge < -0.3 is 15.6 Å². The maximum absolute atomic E-state index is 12.4. The molecule has 4 N–H and O–H groups in total. The number of amides is 2. The SMILES string of the molecule is C[C@H](NC(=O)N[C@H](C)c1cccc(NS(C)(=O)=O)c1)c1nc2ccccc2[nH]1. The summed E-state index contributed by atoms with van der Waals surface area (Å²) in [4.78, 5) is 20.0. The molecule has 0 aliphatic heterocycles. The summed E-state index contributed by atoms with van der Waals surface area (Å²) in [5.41, 5.74) is 2.98. The summed E-state index contributed by atoms with van der Waals surface area (Å²) in [6, 6.07) is 13.6. The number of nitrogens with zero attached hydrogens (tertiary/aromatic N) is 1. The Hall–Kier alpha value is -3.07. The number of carbonyl (C=O) groups is 1. The smallest absolute Gasteiger partial charge is 0.315 e. The van der Waals surface area contributed by atoms with E-state index in [0.29, 0.717) is 11.5 Å². The molecule has 2 amide bonds. The second-order valence-corrected chi connectivity index (χ2v) is 8.45. The Morgan fingerprint density at radius 3 is 2.46 bits per heavy atom. The second-order valence-electron chi connectivity index (χ2n) is 6.70. The number of fused-ring (bicyclic) bond motifs is 1. The van der Waals surface area contributed by atoms with Gasteiger partial charge in [0, 0.05) is 5.69 Å². The van der Waals surface area contributed by atoms with Gasteiger partial charge in [-0.1, -0.05) is 24.3 Å². The fourth-order valence-corrected chi connectivity index (χ4v) is 3.40. The number of nitrogens with one attached hydrogen (secondary N) is 4. The van der Waals surface area contributed by atoms with E-state index in [2.05, 4.69) is 25.3 Å². The first-order valence-corrected chi connectivity index (χ1v) is 10.7. The molecule has 148 valence electrons. The van der Waals surface area contributed by atoms with Gasteiger partial charge >= 0.3 is 6.03 Å². The van der Waals surface area contributed by atoms with Crippen LogP contribution in [0, 0.1) is 0 Å². The van der Waals surface area contributed by atoms with E-state index in [-0.39, 0.29) is 18.1 Å². The number of urea groups is 1. The molecule has 0 spiro atoms. The molecule has 2 aromatic carbocycles. The van der Waals surface area contributed by atoms with Gasteiger partial charge in [0.05, 0.1) is 29.4 Å². The first-order valence-electron chi connectivity index (χ1n) is 8.81. The van der Waals surface area contributed by atoms with E-state index in [1.807, 2.05) is 44.2 Å². The summed E-state index contributed by atoms with van der Waals surface area (Å²) < 4.78 is 25.2. The van der Waals surface area contributed by atoms with Crippen molar-refractivity contribution in [3.63, 3.8) is 0 Å². The zero-order valence-corrected chi connectivity index (χ0v) is 16.7. The number of carbonyl (C=O) groups excluding carboxylic acids is 1. The number of aromatic amines is 1. The zero-order valence-electron chi connectivity index (χ0n) is 15.9. The lowest BCUT2D eigenvalue weighted by molar-refractivity contribution is 0.234. The van der Waals surface area contributed by atoms with Gasteiger partial charge in [-0.2, -0.15) is 0 Å². The van der Waals surface area contributed by atoms with Crippen LogP contribution in [0.2, 0.25) is 0 Å². The quantitative estimate of drug-likeness (QED) is 0.508. The molecule has 28 heavy (non-hydrogen) atoms. The molecule has 8 nitrogen and oxygen atoms in total. The molecule has 0 bridgehead atoms. The number of rotatable bonds is 6. The predicted molar refractivity (Wildman–Crippen MR) is 109 cm³/mol. The number of hydrogen-bond acceptors (Lipinski definition) is 4. The van der Waals surface area contributed by atoms with Crippen molar-refractivity contribution in [1.29, 1.82) is 0 Å². The van der Waals surface area contributed by atoms with Gasteiger partial charge in [0.1, 0.15) is 5.82 Å². The molecule has 1 heterocycles. The summed E-state index contributed by atoms with van der Waals surface area (Å²) in [6.45, 7) is 3.67. The van der Waals surface area contributed by atoms with E-state index in [0.717, 1.165) is 22.9 Å². The number of benzene rings is 2. The monoisotopic (exact) mass is 401 g/mol. The van der Waals surface area contributed by atoms with Gasteiger partial charge in [0.2, 0.25) is 10.0 Å². The molecule has 0 unspecified atom stereocenters. The zero-order chi connectivity index (χ0) is 20.3. The van der Waals surface area contributed by atoms with Crippen molar-refractivity contribution in [2.75, 3.05) is 11.0 Å². The molecule has 2 atom stereocenters. The molecule has 0 saturated carbocycles. The van der Waals surface area contributed by atoms with Crippen LogP contribution in [0.15, 0.2) is 48.5 Å². The van der Waals surface area contributed by atoms with Gasteiger partial charge in [-0.15, -0.1) is 0 Å². The summed E-state index contributed by atoms with van der Waals surface area (Å²) >= 11 is 0. The van der Waals surface area contributed by atoms with Crippen LogP contribution in [0.4, 0.5) is 10.5 Å². The van der Waals surface area contributed by atoms with E-state index in [9.17, 15) is 13.2 Å². The molecule has 0 fully saturated rings. The Kier molecular flexibility index (Phi) is 5.55. The van der Waals surface area contributed by atoms with Crippen molar-refractivity contribution in [2.45, 2.75) is 25.9 Å². The molecule has 9 heteroatoms. The highest BCUT2D eigenvalue weighted by Crippen LogP contribution is 2.19. The minimum absolute atomic E-state index is 0.308. The highest BCUT2D eigenvalue weighted by molar-refractivity contribution is 7.92. The van der Waals surface area contributed by atoms with Crippen LogP contribution in [-0.4, -0.2) is 30.7 Å². The highest BCUT2D eigenvalue weighted by atomic mass is 32.2. The largest absolute Gasteiger partial charge is 0.340 e. The standard InChI is InChI=1S/C19H23N5O3S/c1-12(14-7-6-8-15(11-14)24-28(3,26)27)20-19(25)21-13(2)18-22-16-9-4-5-10-17(16)23-18/h4-13,24H,1-3H3,(H,22,23)(H2,20,21,25)/t12-,13+/m1/s1. The Morgan fingerprint density at radius 1 is 1.04 bits per heavy atom. The van der Waals surface area contributed by atoms with Crippen LogP contribution in [0.25, 0.3) is 11.0 Å². The fourth-order valence-electron chi connectivity index (χ4n) is 2.85. The molecule has 3 aromatic rings. The van der Waals surface area contributed by atoms with Crippen LogP contribution >= 0.6 is 0 Å². The Balaban J connectivity index is 1.63. The van der Waals surface area contributed by atoms with Gasteiger partial charge in [0.15, 0.2) is 0 Å². The molecular formula is C19H23N5O3S. The van der Waals surface area contributed by atoms with Crippen molar-refractivity contribution in [3.05, 3.63) is 59.9 Å². The van der Waals surface area contributed by atoms with Crippen LogP contribution < -0.4 is 15.4 Å². The van der Waals surface area contributed by atoms with Crippen molar-refractivity contribution < 1.29 is 13.2 Å². The van der Waals surface area contributed by atoms with E-state index < -0.39 is 10.0 Å². The number of hydrogen-bond donors (Lipinski definition) is 4. The number of imidazole rings is 1. The van der Waals surface area contributed by atoms with E-state index in [1.54, 1.807) is 18.2 Å². The van der Waals surface area contributed by atoms with E-state index >= 15 is 0 Å². The van der Waals surface area contributed by atoms with E-state index in [1.165, 1.54) is 0 Å². The van der Waals surface area contributed by atoms with Crippen LogP contribution in [-0.2, 0) is 10.0 Å². The van der Waals surface area contributed by atoms with Crippen molar-refractivity contribution >= 4 is 32.8 Å². The Bertz CT molecular complexity index is 1060.